The number of nitrogens with zero attached hydrogens (tertiary/aromatic N) is 2. The van der Waals surface area contributed by atoms with Crippen molar-refractivity contribution in [1.82, 2.24) is 9.38 Å². The highest BCUT2D eigenvalue weighted by Gasteiger charge is 2.00. The van der Waals surface area contributed by atoms with E-state index in [1.807, 2.05) is 29.7 Å². The van der Waals surface area contributed by atoms with Gasteiger partial charge in [0, 0.05) is 17.6 Å². The van der Waals surface area contributed by atoms with Crippen LogP contribution >= 0.6 is 11.3 Å². The number of aromatic nitrogens is 2. The number of thiazole rings is 1. The zero-order chi connectivity index (χ0) is 13.2. The fourth-order valence-electron chi connectivity index (χ4n) is 1.80. The molecule has 3 rings (SSSR count). The van der Waals surface area contributed by atoms with Gasteiger partial charge in [0.25, 0.3) is 5.56 Å². The fraction of sp³-hybridized carbons (Fsp3) is 0.0667. The van der Waals surface area contributed by atoms with Crippen molar-refractivity contribution in [2.45, 2.75) is 6.92 Å². The quantitative estimate of drug-likeness (QED) is 0.715. The van der Waals surface area contributed by atoms with Crippen LogP contribution in [-0.4, -0.2) is 9.38 Å². The van der Waals surface area contributed by atoms with Gasteiger partial charge in [-0.25, -0.2) is 4.98 Å². The van der Waals surface area contributed by atoms with E-state index in [9.17, 15) is 4.79 Å². The van der Waals surface area contributed by atoms with Crippen LogP contribution in [0.3, 0.4) is 0 Å². The molecule has 0 fully saturated rings. The molecule has 0 aliphatic heterocycles. The highest BCUT2D eigenvalue weighted by atomic mass is 32.1. The predicted octanol–water partition coefficient (Wildman–Crippen LogP) is 3.23. The van der Waals surface area contributed by atoms with Crippen LogP contribution in [-0.2, 0) is 0 Å². The van der Waals surface area contributed by atoms with E-state index in [0.29, 0.717) is 5.69 Å². The Kier molecular flexibility index (Phi) is 3.01. The summed E-state index contributed by atoms with van der Waals surface area (Å²) in [6.45, 7) is 2.06. The highest BCUT2D eigenvalue weighted by molar-refractivity contribution is 7.15. The Balaban J connectivity index is 1.96. The second-order valence-electron chi connectivity index (χ2n) is 4.32. The summed E-state index contributed by atoms with van der Waals surface area (Å²) < 4.78 is 1.55. The van der Waals surface area contributed by atoms with E-state index >= 15 is 0 Å². The summed E-state index contributed by atoms with van der Waals surface area (Å²) in [5, 5.41) is 1.86. The van der Waals surface area contributed by atoms with Crippen molar-refractivity contribution in [3.8, 4) is 0 Å². The molecular weight excluding hydrogens is 256 g/mol. The number of benzene rings is 1. The number of aryl methyl sites for hydroxylation is 1. The first-order valence-corrected chi connectivity index (χ1v) is 6.82. The van der Waals surface area contributed by atoms with Crippen LogP contribution in [0.2, 0.25) is 0 Å². The fourth-order valence-corrected chi connectivity index (χ4v) is 2.53. The number of fused-ring (bicyclic) bond motifs is 1. The average molecular weight is 268 g/mol. The Morgan fingerprint density at radius 1 is 1.21 bits per heavy atom. The third kappa shape index (κ3) is 2.48. The minimum atomic E-state index is -0.0465. The monoisotopic (exact) mass is 268 g/mol. The van der Waals surface area contributed by atoms with Gasteiger partial charge in [0.1, 0.15) is 0 Å². The molecule has 2 aromatic heterocycles. The van der Waals surface area contributed by atoms with Crippen LogP contribution in [0, 0.1) is 6.92 Å². The molecule has 0 aliphatic carbocycles. The van der Waals surface area contributed by atoms with Gasteiger partial charge in [0.15, 0.2) is 4.96 Å². The molecule has 0 saturated heterocycles. The smallest absolute Gasteiger partial charge is 0.259 e. The summed E-state index contributed by atoms with van der Waals surface area (Å²) in [4.78, 5) is 17.0. The first-order chi connectivity index (χ1) is 9.22. The van der Waals surface area contributed by atoms with E-state index in [1.54, 1.807) is 16.7 Å². The van der Waals surface area contributed by atoms with E-state index in [0.717, 1.165) is 10.5 Å². The van der Waals surface area contributed by atoms with Crippen LogP contribution in [0.4, 0.5) is 0 Å². The van der Waals surface area contributed by atoms with Gasteiger partial charge in [-0.3, -0.25) is 9.20 Å². The second-order valence-corrected chi connectivity index (χ2v) is 5.19. The van der Waals surface area contributed by atoms with E-state index < -0.39 is 0 Å². The van der Waals surface area contributed by atoms with Crippen molar-refractivity contribution >= 4 is 28.4 Å². The van der Waals surface area contributed by atoms with Gasteiger partial charge in [-0.05, 0) is 18.6 Å². The van der Waals surface area contributed by atoms with Gasteiger partial charge in [-0.15, -0.1) is 11.3 Å². The van der Waals surface area contributed by atoms with E-state index in [-0.39, 0.29) is 5.56 Å². The Morgan fingerprint density at radius 2 is 2.00 bits per heavy atom. The molecule has 19 heavy (non-hydrogen) atoms. The summed E-state index contributed by atoms with van der Waals surface area (Å²) in [7, 11) is 0. The third-order valence-corrected chi connectivity index (χ3v) is 3.60. The molecule has 0 spiro atoms. The van der Waals surface area contributed by atoms with Crippen molar-refractivity contribution in [3.63, 3.8) is 0 Å². The molecule has 2 heterocycles. The van der Waals surface area contributed by atoms with Crippen LogP contribution in [0.1, 0.15) is 16.8 Å². The molecule has 1 aromatic carbocycles. The van der Waals surface area contributed by atoms with Gasteiger partial charge in [-0.2, -0.15) is 0 Å². The van der Waals surface area contributed by atoms with E-state index in [2.05, 4.69) is 24.0 Å². The molecule has 3 nitrogen and oxygen atoms in total. The largest absolute Gasteiger partial charge is 0.269 e. The van der Waals surface area contributed by atoms with E-state index in [1.165, 1.54) is 16.9 Å². The Labute approximate surface area is 114 Å². The zero-order valence-corrected chi connectivity index (χ0v) is 11.2. The lowest BCUT2D eigenvalue weighted by atomic mass is 10.1. The summed E-state index contributed by atoms with van der Waals surface area (Å²) in [5.41, 5.74) is 2.97. The lowest BCUT2D eigenvalue weighted by Gasteiger charge is -1.96. The zero-order valence-electron chi connectivity index (χ0n) is 10.4. The maximum absolute atomic E-state index is 11.8. The predicted molar refractivity (Wildman–Crippen MR) is 79.4 cm³/mol. The Bertz CT molecular complexity index is 797. The maximum atomic E-state index is 11.8. The number of hydrogen-bond donors (Lipinski definition) is 0. The summed E-state index contributed by atoms with van der Waals surface area (Å²) in [6.07, 6.45) is 5.57. The molecule has 0 saturated carbocycles. The molecule has 3 aromatic rings. The first kappa shape index (κ1) is 11.9. The Hall–Kier alpha value is -2.20. The molecule has 0 N–H and O–H groups in total. The highest BCUT2D eigenvalue weighted by Crippen LogP contribution is 2.10. The van der Waals surface area contributed by atoms with Gasteiger partial charge < -0.3 is 0 Å². The van der Waals surface area contributed by atoms with Gasteiger partial charge >= 0.3 is 0 Å². The van der Waals surface area contributed by atoms with Gasteiger partial charge in [0.05, 0.1) is 5.69 Å². The van der Waals surface area contributed by atoms with Crippen molar-refractivity contribution in [1.29, 1.82) is 0 Å². The minimum Gasteiger partial charge on any atom is -0.269 e. The Morgan fingerprint density at radius 3 is 2.79 bits per heavy atom. The normalized spacial score (nSPS) is 11.4. The molecule has 0 unspecified atom stereocenters. The summed E-state index contributed by atoms with van der Waals surface area (Å²) >= 11 is 1.46. The van der Waals surface area contributed by atoms with Crippen LogP contribution in [0.25, 0.3) is 17.1 Å². The van der Waals surface area contributed by atoms with Crippen molar-refractivity contribution in [2.24, 2.45) is 0 Å². The molecule has 0 atom stereocenters. The molecule has 0 bridgehead atoms. The number of rotatable bonds is 2. The van der Waals surface area contributed by atoms with Gasteiger partial charge in [0.2, 0.25) is 0 Å². The SMILES string of the molecule is Cc1ccc(/C=C/c2cc(=O)n3ccsc3n2)cc1. The average Bonchev–Trinajstić information content (AvgIpc) is 2.87. The third-order valence-electron chi connectivity index (χ3n) is 2.85. The van der Waals surface area contributed by atoms with Gasteiger partial charge in [-0.1, -0.05) is 35.9 Å². The molecule has 0 radical (unpaired) electrons. The van der Waals surface area contributed by atoms with Crippen molar-refractivity contribution < 1.29 is 0 Å². The molecule has 94 valence electrons. The van der Waals surface area contributed by atoms with Crippen LogP contribution in [0.5, 0.6) is 0 Å². The molecular formula is C15H12N2OS. The molecule has 4 heteroatoms. The molecule has 0 aliphatic rings. The topological polar surface area (TPSA) is 34.4 Å². The van der Waals surface area contributed by atoms with Crippen LogP contribution in [0.15, 0.2) is 46.7 Å². The molecule has 0 amide bonds. The summed E-state index contributed by atoms with van der Waals surface area (Å²) in [6, 6.07) is 9.75. The lowest BCUT2D eigenvalue weighted by molar-refractivity contribution is 1.07. The standard InChI is InChI=1S/C15H12N2OS/c1-11-2-4-12(5-3-11)6-7-13-10-14(18)17-8-9-19-15(17)16-13/h2-10H,1H3/b7-6+. The van der Waals surface area contributed by atoms with Crippen molar-refractivity contribution in [2.75, 3.05) is 0 Å². The maximum Gasteiger partial charge on any atom is 0.259 e. The van der Waals surface area contributed by atoms with Crippen LogP contribution < -0.4 is 5.56 Å². The second kappa shape index (κ2) is 4.82. The lowest BCUT2D eigenvalue weighted by Crippen LogP contribution is -2.11. The number of hydrogen-bond acceptors (Lipinski definition) is 3. The van der Waals surface area contributed by atoms with Crippen molar-refractivity contribution in [3.05, 3.63) is 69.1 Å². The first-order valence-electron chi connectivity index (χ1n) is 5.94. The van der Waals surface area contributed by atoms with E-state index in [4.69, 9.17) is 0 Å². The summed E-state index contributed by atoms with van der Waals surface area (Å²) in [5.74, 6) is 0. The minimum absolute atomic E-state index is 0.0465.